The summed E-state index contributed by atoms with van der Waals surface area (Å²) in [6.45, 7) is 2.19. The number of rotatable bonds is 10. The molecular weight excluding hydrogens is 208 g/mol. The van der Waals surface area contributed by atoms with Crippen molar-refractivity contribution < 1.29 is 14.7 Å². The third-order valence-corrected chi connectivity index (χ3v) is 3.40. The van der Waals surface area contributed by atoms with Crippen LogP contribution in [0.3, 0.4) is 0 Å². The van der Waals surface area contributed by atoms with Crippen LogP contribution in [0.25, 0.3) is 0 Å². The lowest BCUT2D eigenvalue weighted by atomic mass is 10.1. The van der Waals surface area contributed by atoms with E-state index >= 15 is 0 Å². The van der Waals surface area contributed by atoms with Gasteiger partial charge >= 0.3 is 5.97 Å². The molecule has 1 unspecified atom stereocenters. The van der Waals surface area contributed by atoms with Crippen LogP contribution in [0.1, 0.15) is 58.3 Å². The van der Waals surface area contributed by atoms with Gasteiger partial charge in [0, 0.05) is 0 Å². The molecule has 1 atom stereocenters. The molecule has 4 heteroatoms. The third-order valence-electron chi connectivity index (χ3n) is 2.55. The Morgan fingerprint density at radius 3 is 2.13 bits per heavy atom. The molecule has 0 spiro atoms. The summed E-state index contributed by atoms with van der Waals surface area (Å²) < 4.78 is 0. The zero-order valence-corrected chi connectivity index (χ0v) is 10.5. The average molecular weight is 230 g/mol. The number of carboxylic acids is 1. The Balaban J connectivity index is 3.25. The Morgan fingerprint density at radius 1 is 1.13 bits per heavy atom. The van der Waals surface area contributed by atoms with Crippen molar-refractivity contribution in [1.29, 1.82) is 0 Å². The van der Waals surface area contributed by atoms with Crippen LogP contribution in [-0.4, -0.2) is 25.6 Å². The van der Waals surface area contributed by atoms with E-state index in [1.54, 1.807) is 0 Å². The SMILES string of the molecule is CCCCCCCCCC([Si]O)C(=O)O. The highest BCUT2D eigenvalue weighted by molar-refractivity contribution is 6.35. The summed E-state index contributed by atoms with van der Waals surface area (Å²) in [5.74, 6) is -0.859. The fraction of sp³-hybridized carbons (Fsp3) is 0.909. The smallest absolute Gasteiger partial charge is 0.305 e. The zero-order valence-electron chi connectivity index (χ0n) is 9.54. The molecule has 0 aliphatic rings. The van der Waals surface area contributed by atoms with E-state index in [4.69, 9.17) is 9.90 Å². The molecule has 0 aliphatic heterocycles. The molecule has 3 nitrogen and oxygen atoms in total. The molecule has 0 saturated carbocycles. The molecule has 0 aromatic carbocycles. The Morgan fingerprint density at radius 2 is 1.67 bits per heavy atom. The van der Waals surface area contributed by atoms with Gasteiger partial charge in [-0.05, 0) is 6.42 Å². The molecule has 0 fully saturated rings. The van der Waals surface area contributed by atoms with E-state index in [0.717, 1.165) is 12.8 Å². The number of carboxylic acid groups (broad SMARTS) is 1. The molecular formula is C11H22O3Si. The van der Waals surface area contributed by atoms with Crippen LogP contribution >= 0.6 is 0 Å². The number of carbonyl (C=O) groups is 1. The number of hydrogen-bond donors (Lipinski definition) is 2. The summed E-state index contributed by atoms with van der Waals surface area (Å²) in [6, 6.07) is 0. The molecule has 0 aromatic heterocycles. The van der Waals surface area contributed by atoms with Crippen LogP contribution in [0.15, 0.2) is 0 Å². The lowest BCUT2D eigenvalue weighted by molar-refractivity contribution is -0.137. The van der Waals surface area contributed by atoms with Gasteiger partial charge in [-0.3, -0.25) is 4.79 Å². The Labute approximate surface area is 94.8 Å². The number of hydrogen-bond acceptors (Lipinski definition) is 2. The van der Waals surface area contributed by atoms with Gasteiger partial charge in [0.05, 0.1) is 5.54 Å². The lowest BCUT2D eigenvalue weighted by Gasteiger charge is -2.06. The van der Waals surface area contributed by atoms with Crippen molar-refractivity contribution >= 4 is 15.7 Å². The Bertz CT molecular complexity index is 162. The Hall–Kier alpha value is -0.353. The van der Waals surface area contributed by atoms with E-state index in [-0.39, 0.29) is 0 Å². The van der Waals surface area contributed by atoms with Gasteiger partial charge in [0.15, 0.2) is 0 Å². The minimum absolute atomic E-state index is 0.458. The maximum atomic E-state index is 10.6. The van der Waals surface area contributed by atoms with Crippen LogP contribution in [-0.2, 0) is 4.79 Å². The van der Waals surface area contributed by atoms with E-state index in [1.807, 2.05) is 0 Å². The standard InChI is InChI=1S/C11H22O3Si/c1-2-3-4-5-6-7-8-9-10(15-14)11(12)13/h10,14H,2-9H2,1H3,(H,12,13). The maximum absolute atomic E-state index is 10.6. The van der Waals surface area contributed by atoms with Gasteiger partial charge in [0.2, 0.25) is 9.76 Å². The van der Waals surface area contributed by atoms with Crippen LogP contribution in [0, 0.1) is 0 Å². The molecule has 0 amide bonds. The second-order valence-corrected chi connectivity index (χ2v) is 4.89. The molecule has 0 saturated heterocycles. The highest BCUT2D eigenvalue weighted by Crippen LogP contribution is 2.15. The zero-order chi connectivity index (χ0) is 11.5. The van der Waals surface area contributed by atoms with Crippen molar-refractivity contribution in [3.8, 4) is 0 Å². The number of unbranched alkanes of at least 4 members (excludes halogenated alkanes) is 6. The highest BCUT2D eigenvalue weighted by Gasteiger charge is 2.16. The summed E-state index contributed by atoms with van der Waals surface area (Å²) in [5.41, 5.74) is -0.527. The van der Waals surface area contributed by atoms with Crippen molar-refractivity contribution in [1.82, 2.24) is 0 Å². The van der Waals surface area contributed by atoms with Gasteiger partial charge in [-0.15, -0.1) is 0 Å². The van der Waals surface area contributed by atoms with Crippen LogP contribution in [0.4, 0.5) is 0 Å². The molecule has 0 heterocycles. The van der Waals surface area contributed by atoms with Gasteiger partial charge in [0.1, 0.15) is 0 Å². The predicted molar refractivity (Wildman–Crippen MR) is 62.0 cm³/mol. The first-order chi connectivity index (χ1) is 7.22. The molecule has 2 N–H and O–H groups in total. The van der Waals surface area contributed by atoms with Gasteiger partial charge in [-0.1, -0.05) is 51.9 Å². The van der Waals surface area contributed by atoms with Crippen molar-refractivity contribution in [2.24, 2.45) is 0 Å². The number of aliphatic carboxylic acids is 1. The lowest BCUT2D eigenvalue weighted by Crippen LogP contribution is -2.14. The van der Waals surface area contributed by atoms with Crippen molar-refractivity contribution in [3.63, 3.8) is 0 Å². The quantitative estimate of drug-likeness (QED) is 0.448. The Kier molecular flexibility index (Phi) is 9.93. The van der Waals surface area contributed by atoms with E-state index in [9.17, 15) is 4.79 Å². The maximum Gasteiger partial charge on any atom is 0.305 e. The molecule has 2 radical (unpaired) electrons. The normalized spacial score (nSPS) is 12.7. The first-order valence-electron chi connectivity index (χ1n) is 5.84. The monoisotopic (exact) mass is 230 g/mol. The van der Waals surface area contributed by atoms with E-state index in [1.165, 1.54) is 32.1 Å². The second-order valence-electron chi connectivity index (χ2n) is 3.93. The van der Waals surface area contributed by atoms with Gasteiger partial charge in [0.25, 0.3) is 0 Å². The van der Waals surface area contributed by atoms with Gasteiger partial charge in [-0.2, -0.15) is 0 Å². The van der Waals surface area contributed by atoms with Crippen molar-refractivity contribution in [2.75, 3.05) is 0 Å². The van der Waals surface area contributed by atoms with Gasteiger partial charge < -0.3 is 9.90 Å². The fourth-order valence-corrected chi connectivity index (χ4v) is 1.99. The summed E-state index contributed by atoms with van der Waals surface area (Å²) >= 11 is 0. The second kappa shape index (κ2) is 10.2. The van der Waals surface area contributed by atoms with E-state index in [0.29, 0.717) is 6.42 Å². The summed E-state index contributed by atoms with van der Waals surface area (Å²) in [5, 5.41) is 8.69. The minimum atomic E-state index is -0.859. The molecule has 15 heavy (non-hydrogen) atoms. The topological polar surface area (TPSA) is 57.5 Å². The van der Waals surface area contributed by atoms with Crippen LogP contribution in [0.5, 0.6) is 0 Å². The van der Waals surface area contributed by atoms with Crippen LogP contribution < -0.4 is 0 Å². The minimum Gasteiger partial charge on any atom is -0.481 e. The van der Waals surface area contributed by atoms with Crippen molar-refractivity contribution in [2.45, 2.75) is 63.8 Å². The highest BCUT2D eigenvalue weighted by atomic mass is 28.2. The average Bonchev–Trinajstić information content (AvgIpc) is 2.21. The summed E-state index contributed by atoms with van der Waals surface area (Å²) in [6.07, 6.45) is 8.95. The molecule has 0 aromatic rings. The fourth-order valence-electron chi connectivity index (χ4n) is 1.55. The van der Waals surface area contributed by atoms with Crippen LogP contribution in [0.2, 0.25) is 5.54 Å². The molecule has 88 valence electrons. The van der Waals surface area contributed by atoms with Gasteiger partial charge in [-0.25, -0.2) is 0 Å². The summed E-state index contributed by atoms with van der Waals surface area (Å²) in [4.78, 5) is 19.4. The van der Waals surface area contributed by atoms with Crippen molar-refractivity contribution in [3.05, 3.63) is 0 Å². The van der Waals surface area contributed by atoms with E-state index < -0.39 is 21.3 Å². The molecule has 0 rings (SSSR count). The first-order valence-corrected chi connectivity index (χ1v) is 6.87. The summed E-state index contributed by atoms with van der Waals surface area (Å²) in [7, 11) is -0.458. The van der Waals surface area contributed by atoms with E-state index in [2.05, 4.69) is 6.92 Å². The predicted octanol–water partition coefficient (Wildman–Crippen LogP) is 2.61. The molecule has 0 aliphatic carbocycles. The molecule has 0 bridgehead atoms. The first kappa shape index (κ1) is 14.6. The third kappa shape index (κ3) is 8.63. The largest absolute Gasteiger partial charge is 0.481 e.